The molecular weight excluding hydrogens is 400 g/mol. The van der Waals surface area contributed by atoms with E-state index in [-0.39, 0.29) is 48.0 Å². The zero-order chi connectivity index (χ0) is 22.5. The van der Waals surface area contributed by atoms with Crippen LogP contribution in [0, 0.1) is 17.3 Å². The van der Waals surface area contributed by atoms with E-state index in [2.05, 4.69) is 45.8 Å². The van der Waals surface area contributed by atoms with Gasteiger partial charge in [0.2, 0.25) is 5.91 Å². The van der Waals surface area contributed by atoms with Gasteiger partial charge in [-0.05, 0) is 36.4 Å². The van der Waals surface area contributed by atoms with Crippen molar-refractivity contribution >= 4 is 26.8 Å². The Morgan fingerprint density at radius 3 is 2.60 bits per heavy atom. The molecule has 0 aromatic carbocycles. The van der Waals surface area contributed by atoms with Gasteiger partial charge >= 0.3 is 6.09 Å². The number of hydrogen-bond donors (Lipinski definition) is 1. The van der Waals surface area contributed by atoms with Crippen molar-refractivity contribution in [2.75, 3.05) is 26.3 Å². The molecule has 1 N–H and O–H groups in total. The van der Waals surface area contributed by atoms with Crippen molar-refractivity contribution in [3.63, 3.8) is 0 Å². The van der Waals surface area contributed by atoms with Crippen LogP contribution in [0.4, 0.5) is 4.79 Å². The largest absolute Gasteiger partial charge is 0.445 e. The molecule has 7 nitrogen and oxygen atoms in total. The third-order valence-corrected chi connectivity index (χ3v) is 6.63. The highest BCUT2D eigenvalue weighted by Gasteiger charge is 2.49. The van der Waals surface area contributed by atoms with E-state index >= 15 is 0 Å². The first-order valence-corrected chi connectivity index (χ1v) is 13.5. The molecule has 1 fully saturated rings. The lowest BCUT2D eigenvalue weighted by atomic mass is 9.66. The summed E-state index contributed by atoms with van der Waals surface area (Å²) in [5.74, 6) is -0.0999. The van der Waals surface area contributed by atoms with Crippen LogP contribution in [-0.2, 0) is 18.8 Å². The number of carbonyl (C=O) groups is 3. The Labute approximate surface area is 181 Å². The van der Waals surface area contributed by atoms with Gasteiger partial charge in [0.05, 0.1) is 5.92 Å². The Kier molecular flexibility index (Phi) is 8.43. The normalized spacial score (nSPS) is 22.7. The molecule has 30 heavy (non-hydrogen) atoms. The number of hydrogen-bond acceptors (Lipinski definition) is 5. The maximum atomic E-state index is 12.8. The minimum Gasteiger partial charge on any atom is -0.445 e. The molecule has 0 aromatic rings. The van der Waals surface area contributed by atoms with Crippen molar-refractivity contribution in [1.29, 1.82) is 0 Å². The Hall–Kier alpha value is -1.93. The first-order valence-electron chi connectivity index (χ1n) is 10.7. The summed E-state index contributed by atoms with van der Waals surface area (Å²) < 4.78 is 11.0. The summed E-state index contributed by atoms with van der Waals surface area (Å²) >= 11 is 0. The summed E-state index contributed by atoms with van der Waals surface area (Å²) in [6.45, 7) is 15.7. The fraction of sp³-hybridized carbons (Fsp3) is 0.682. The van der Waals surface area contributed by atoms with Gasteiger partial charge in [-0.3, -0.25) is 9.59 Å². The van der Waals surface area contributed by atoms with Gasteiger partial charge < -0.3 is 19.4 Å². The highest BCUT2D eigenvalue weighted by molar-refractivity contribution is 6.48. The lowest BCUT2D eigenvalue weighted by Gasteiger charge is -2.46. The number of amides is 2. The molecule has 168 valence electrons. The van der Waals surface area contributed by atoms with E-state index in [9.17, 15) is 14.4 Å². The summed E-state index contributed by atoms with van der Waals surface area (Å²) in [6, 6.07) is -0.164. The van der Waals surface area contributed by atoms with Gasteiger partial charge in [-0.15, -0.1) is 0 Å². The van der Waals surface area contributed by atoms with E-state index in [0.717, 1.165) is 5.57 Å². The number of carbonyl (C=O) groups excluding carboxylic acids is 3. The van der Waals surface area contributed by atoms with Crippen LogP contribution in [0.1, 0.15) is 33.6 Å². The third-order valence-electron chi connectivity index (χ3n) is 5.77. The van der Waals surface area contributed by atoms with Crippen LogP contribution in [0.2, 0.25) is 13.1 Å². The predicted octanol–water partition coefficient (Wildman–Crippen LogP) is 2.68. The molecule has 0 unspecified atom stereocenters. The van der Waals surface area contributed by atoms with Crippen molar-refractivity contribution in [1.82, 2.24) is 10.2 Å². The summed E-state index contributed by atoms with van der Waals surface area (Å²) in [4.78, 5) is 38.7. The lowest BCUT2D eigenvalue weighted by Crippen LogP contribution is -2.63. The van der Waals surface area contributed by atoms with E-state index in [1.165, 1.54) is 6.08 Å². The fourth-order valence-electron chi connectivity index (χ4n) is 3.93. The fourth-order valence-corrected chi connectivity index (χ4v) is 4.52. The van der Waals surface area contributed by atoms with Crippen molar-refractivity contribution in [3.05, 3.63) is 24.3 Å². The van der Waals surface area contributed by atoms with E-state index in [1.807, 2.05) is 0 Å². The van der Waals surface area contributed by atoms with Crippen molar-refractivity contribution in [3.8, 4) is 0 Å². The molecule has 0 spiro atoms. The van der Waals surface area contributed by atoms with Gasteiger partial charge in [0.25, 0.3) is 0 Å². The molecule has 2 heterocycles. The molecule has 0 aliphatic carbocycles. The van der Waals surface area contributed by atoms with E-state index in [4.69, 9.17) is 9.16 Å². The van der Waals surface area contributed by atoms with Gasteiger partial charge in [0.1, 0.15) is 6.61 Å². The maximum absolute atomic E-state index is 12.8. The van der Waals surface area contributed by atoms with Crippen LogP contribution in [0.25, 0.3) is 0 Å². The zero-order valence-corrected chi connectivity index (χ0v) is 20.1. The SMILES string of the molecule is C=CCOC(=O)N1CC=C(C(=O)C[C@H]2NC(=O)[C@H]2[C@@H](CO[SiH](C)C)C(C)(C)C)CC1. The van der Waals surface area contributed by atoms with E-state index in [0.29, 0.717) is 26.1 Å². The van der Waals surface area contributed by atoms with Gasteiger partial charge in [-0.1, -0.05) is 39.5 Å². The molecule has 2 aliphatic heterocycles. The zero-order valence-electron chi connectivity index (χ0n) is 18.9. The summed E-state index contributed by atoms with van der Waals surface area (Å²) in [5, 5.41) is 2.93. The van der Waals surface area contributed by atoms with Crippen molar-refractivity contribution < 1.29 is 23.5 Å². The molecule has 2 amide bonds. The third kappa shape index (κ3) is 6.28. The molecule has 0 radical (unpaired) electrons. The molecule has 8 heteroatoms. The molecule has 2 aliphatic rings. The molecule has 0 aromatic heterocycles. The maximum Gasteiger partial charge on any atom is 0.410 e. The van der Waals surface area contributed by atoms with Crippen LogP contribution in [0.5, 0.6) is 0 Å². The first-order chi connectivity index (χ1) is 14.0. The second-order valence-electron chi connectivity index (χ2n) is 9.41. The smallest absolute Gasteiger partial charge is 0.410 e. The van der Waals surface area contributed by atoms with E-state index < -0.39 is 15.1 Å². The Balaban J connectivity index is 1.97. The van der Waals surface area contributed by atoms with Crippen molar-refractivity contribution in [2.24, 2.45) is 17.3 Å². The number of nitrogens with zero attached hydrogens (tertiary/aromatic N) is 1. The highest BCUT2D eigenvalue weighted by atomic mass is 28.3. The van der Waals surface area contributed by atoms with Gasteiger partial charge in [-0.2, -0.15) is 0 Å². The summed E-state index contributed by atoms with van der Waals surface area (Å²) in [7, 11) is -1.20. The first kappa shape index (κ1) is 24.3. The molecule has 2 rings (SSSR count). The van der Waals surface area contributed by atoms with E-state index in [1.54, 1.807) is 11.0 Å². The summed E-state index contributed by atoms with van der Waals surface area (Å²) in [6.07, 6.45) is 3.71. The standard InChI is InChI=1S/C22H36N2O5Si/c1-7-12-28-21(27)24-10-8-15(9-11-24)18(25)13-17-19(20(26)23-17)16(22(2,3)4)14-29-30(5)6/h7-8,16-17,19,30H,1,9-14H2,2-6H3,(H,23,26)/t16-,17-,19+/m1/s1. The number of β-lactam (4-membered cyclic amide) rings is 1. The molecule has 0 saturated carbocycles. The Bertz CT molecular complexity index is 698. The number of ketones is 1. The lowest BCUT2D eigenvalue weighted by molar-refractivity contribution is -0.143. The second-order valence-corrected chi connectivity index (χ2v) is 11.8. The monoisotopic (exact) mass is 436 g/mol. The van der Waals surface area contributed by atoms with Gasteiger partial charge in [0, 0.05) is 32.2 Å². The quantitative estimate of drug-likeness (QED) is 0.341. The minimum atomic E-state index is -1.20. The number of rotatable bonds is 9. The number of Topliss-reactive ketones (excluding diaryl/α,β-unsaturated/α-hetero) is 1. The van der Waals surface area contributed by atoms with Crippen LogP contribution >= 0.6 is 0 Å². The van der Waals surface area contributed by atoms with Gasteiger partial charge in [-0.25, -0.2) is 4.79 Å². The number of nitrogens with one attached hydrogen (secondary N) is 1. The molecular formula is C22H36N2O5Si. The van der Waals surface area contributed by atoms with Crippen LogP contribution in [-0.4, -0.2) is 64.1 Å². The summed E-state index contributed by atoms with van der Waals surface area (Å²) in [5.41, 5.74) is 0.629. The predicted molar refractivity (Wildman–Crippen MR) is 119 cm³/mol. The molecule has 1 saturated heterocycles. The average Bonchev–Trinajstić information content (AvgIpc) is 2.67. The number of ether oxygens (including phenoxy) is 1. The second kappa shape index (κ2) is 10.4. The van der Waals surface area contributed by atoms with Crippen LogP contribution < -0.4 is 5.32 Å². The van der Waals surface area contributed by atoms with Gasteiger partial charge in [0.15, 0.2) is 14.8 Å². The Morgan fingerprint density at radius 2 is 2.10 bits per heavy atom. The highest BCUT2D eigenvalue weighted by Crippen LogP contribution is 2.39. The topological polar surface area (TPSA) is 84.9 Å². The molecule has 0 bridgehead atoms. The average molecular weight is 437 g/mol. The molecule has 3 atom stereocenters. The Morgan fingerprint density at radius 1 is 1.40 bits per heavy atom. The minimum absolute atomic E-state index is 0.00973. The van der Waals surface area contributed by atoms with Crippen molar-refractivity contribution in [2.45, 2.75) is 52.7 Å². The van der Waals surface area contributed by atoms with Crippen LogP contribution in [0.3, 0.4) is 0 Å². The van der Waals surface area contributed by atoms with Crippen LogP contribution in [0.15, 0.2) is 24.3 Å².